The van der Waals surface area contributed by atoms with E-state index in [0.29, 0.717) is 11.6 Å². The van der Waals surface area contributed by atoms with E-state index >= 15 is 0 Å². The minimum atomic E-state index is 0.296. The molecule has 2 rings (SSSR count). The number of nitrogens with zero attached hydrogens (tertiary/aromatic N) is 1. The Hall–Kier alpha value is -0.120. The highest BCUT2D eigenvalue weighted by atomic mass is 15.3. The summed E-state index contributed by atoms with van der Waals surface area (Å²) in [6, 6.07) is 0.464. The maximum Gasteiger partial charge on any atom is 0.0397 e. The summed E-state index contributed by atoms with van der Waals surface area (Å²) in [7, 11) is 4.49. The highest BCUT2D eigenvalue weighted by Crippen LogP contribution is 2.39. The first-order chi connectivity index (χ1) is 9.19. The summed E-state index contributed by atoms with van der Waals surface area (Å²) in [5, 5.41) is 0. The highest BCUT2D eigenvalue weighted by Gasteiger charge is 2.42. The van der Waals surface area contributed by atoms with E-state index in [2.05, 4.69) is 24.4 Å². The van der Waals surface area contributed by atoms with Crippen molar-refractivity contribution in [3.8, 4) is 0 Å². The van der Waals surface area contributed by atoms with Crippen molar-refractivity contribution in [2.75, 3.05) is 14.1 Å². The van der Waals surface area contributed by atoms with E-state index in [-0.39, 0.29) is 0 Å². The van der Waals surface area contributed by atoms with Crippen LogP contribution in [0.2, 0.25) is 0 Å². The van der Waals surface area contributed by atoms with E-state index in [4.69, 9.17) is 5.84 Å². The summed E-state index contributed by atoms with van der Waals surface area (Å²) in [4.78, 5) is 2.46. The summed E-state index contributed by atoms with van der Waals surface area (Å²) in [5.74, 6) is 6.86. The second-order valence-corrected chi connectivity index (χ2v) is 7.02. The van der Waals surface area contributed by atoms with Crippen molar-refractivity contribution in [3.05, 3.63) is 0 Å². The van der Waals surface area contributed by atoms with Crippen LogP contribution in [-0.4, -0.2) is 30.6 Å². The molecule has 0 spiro atoms. The Morgan fingerprint density at radius 3 is 2.16 bits per heavy atom. The van der Waals surface area contributed by atoms with Crippen molar-refractivity contribution in [2.45, 2.75) is 82.2 Å². The molecule has 19 heavy (non-hydrogen) atoms. The smallest absolute Gasteiger partial charge is 0.0397 e. The maximum absolute atomic E-state index is 5.97. The first kappa shape index (κ1) is 15.3. The van der Waals surface area contributed by atoms with Gasteiger partial charge in [-0.25, -0.2) is 0 Å². The van der Waals surface area contributed by atoms with Gasteiger partial charge in [-0.3, -0.25) is 11.3 Å². The highest BCUT2D eigenvalue weighted by molar-refractivity contribution is 5.00. The molecule has 0 saturated heterocycles. The number of hydrogen-bond acceptors (Lipinski definition) is 3. The van der Waals surface area contributed by atoms with E-state index in [9.17, 15) is 0 Å². The van der Waals surface area contributed by atoms with Crippen LogP contribution in [0.25, 0.3) is 0 Å². The third-order valence-electron chi connectivity index (χ3n) is 5.75. The van der Waals surface area contributed by atoms with Crippen molar-refractivity contribution in [1.29, 1.82) is 0 Å². The van der Waals surface area contributed by atoms with Gasteiger partial charge < -0.3 is 4.90 Å². The van der Waals surface area contributed by atoms with Gasteiger partial charge in [0.2, 0.25) is 0 Å². The number of nitrogens with one attached hydrogen (secondary N) is 1. The van der Waals surface area contributed by atoms with Crippen molar-refractivity contribution >= 4 is 0 Å². The number of likely N-dealkylation sites (N-methyl/N-ethyl adjacent to an activating group) is 1. The van der Waals surface area contributed by atoms with Gasteiger partial charge in [-0.15, -0.1) is 0 Å². The van der Waals surface area contributed by atoms with Crippen LogP contribution in [0.15, 0.2) is 0 Å². The summed E-state index contributed by atoms with van der Waals surface area (Å²) >= 11 is 0. The van der Waals surface area contributed by atoms with Crippen molar-refractivity contribution in [3.63, 3.8) is 0 Å². The molecule has 0 amide bonds. The fourth-order valence-corrected chi connectivity index (χ4v) is 4.47. The summed E-state index contributed by atoms with van der Waals surface area (Å²) < 4.78 is 0. The molecule has 2 fully saturated rings. The zero-order chi connectivity index (χ0) is 13.7. The van der Waals surface area contributed by atoms with E-state index in [1.54, 1.807) is 0 Å². The largest absolute Gasteiger partial charge is 0.302 e. The molecule has 0 aromatic carbocycles. The number of rotatable bonds is 5. The van der Waals surface area contributed by atoms with Gasteiger partial charge >= 0.3 is 0 Å². The molecule has 1 unspecified atom stereocenters. The fourth-order valence-electron chi connectivity index (χ4n) is 4.47. The summed E-state index contributed by atoms with van der Waals surface area (Å²) in [6.45, 7) is 0. The quantitative estimate of drug-likeness (QED) is 0.594. The van der Waals surface area contributed by atoms with Crippen LogP contribution < -0.4 is 11.3 Å². The molecular formula is C16H33N3. The first-order valence-electron chi connectivity index (χ1n) is 8.32. The van der Waals surface area contributed by atoms with Gasteiger partial charge in [0.25, 0.3) is 0 Å². The Morgan fingerprint density at radius 2 is 1.63 bits per heavy atom. The van der Waals surface area contributed by atoms with Crippen molar-refractivity contribution < 1.29 is 0 Å². The van der Waals surface area contributed by atoms with Crippen LogP contribution in [-0.2, 0) is 0 Å². The van der Waals surface area contributed by atoms with Gasteiger partial charge in [0.05, 0.1) is 0 Å². The Balaban J connectivity index is 2.03. The third-order valence-corrected chi connectivity index (χ3v) is 5.75. The molecule has 112 valence electrons. The number of nitrogens with two attached hydrogens (primary N) is 1. The molecule has 2 aliphatic carbocycles. The molecule has 3 nitrogen and oxygen atoms in total. The van der Waals surface area contributed by atoms with E-state index in [0.717, 1.165) is 5.92 Å². The lowest BCUT2D eigenvalue weighted by atomic mass is 9.71. The molecule has 0 heterocycles. The van der Waals surface area contributed by atoms with Crippen LogP contribution in [0, 0.1) is 5.92 Å². The fraction of sp³-hybridized carbons (Fsp3) is 1.00. The Morgan fingerprint density at radius 1 is 1.05 bits per heavy atom. The molecule has 0 radical (unpaired) electrons. The van der Waals surface area contributed by atoms with Crippen LogP contribution in [0.1, 0.15) is 70.6 Å². The van der Waals surface area contributed by atoms with Gasteiger partial charge in [0.15, 0.2) is 0 Å². The second kappa shape index (κ2) is 7.05. The molecule has 1 atom stereocenters. The average Bonchev–Trinajstić information content (AvgIpc) is 2.46. The predicted octanol–water partition coefficient (Wildman–Crippen LogP) is 3.05. The van der Waals surface area contributed by atoms with Crippen LogP contribution in [0.3, 0.4) is 0 Å². The minimum Gasteiger partial charge on any atom is -0.302 e. The summed E-state index contributed by atoms with van der Waals surface area (Å²) in [5.41, 5.74) is 3.50. The van der Waals surface area contributed by atoms with Crippen LogP contribution >= 0.6 is 0 Å². The molecular weight excluding hydrogens is 234 g/mol. The lowest BCUT2D eigenvalue weighted by molar-refractivity contribution is 0.0439. The standard InChI is InChI=1S/C16H33N3/c1-19(2)16(11-7-4-8-12-16)15(18-17)13-14-9-5-3-6-10-14/h14-15,18H,3-13,17H2,1-2H3. The van der Waals surface area contributed by atoms with Gasteiger partial charge in [0, 0.05) is 11.6 Å². The lowest BCUT2D eigenvalue weighted by Crippen LogP contribution is -2.62. The summed E-state index contributed by atoms with van der Waals surface area (Å²) in [6.07, 6.45) is 15.1. The molecule has 0 bridgehead atoms. The monoisotopic (exact) mass is 267 g/mol. The molecule has 3 heteroatoms. The normalized spacial score (nSPS) is 26.5. The van der Waals surface area contributed by atoms with E-state index in [1.165, 1.54) is 70.6 Å². The van der Waals surface area contributed by atoms with Gasteiger partial charge in [-0.2, -0.15) is 0 Å². The molecule has 0 aliphatic heterocycles. The third kappa shape index (κ3) is 3.50. The van der Waals surface area contributed by atoms with Gasteiger partial charge in [-0.1, -0.05) is 51.4 Å². The SMILES string of the molecule is CN(C)C1(C(CC2CCCCC2)NN)CCCCC1. The van der Waals surface area contributed by atoms with E-state index < -0.39 is 0 Å². The molecule has 0 aromatic heterocycles. The van der Waals surface area contributed by atoms with E-state index in [1.807, 2.05) is 0 Å². The Kier molecular flexibility index (Phi) is 5.67. The predicted molar refractivity (Wildman–Crippen MR) is 81.8 cm³/mol. The minimum absolute atomic E-state index is 0.296. The Bertz CT molecular complexity index is 253. The van der Waals surface area contributed by atoms with Crippen LogP contribution in [0.4, 0.5) is 0 Å². The average molecular weight is 267 g/mol. The maximum atomic E-state index is 5.97. The molecule has 2 aliphatic rings. The number of hydrazine groups is 1. The molecule has 2 saturated carbocycles. The Labute approximate surface area is 119 Å². The van der Waals surface area contributed by atoms with Gasteiger partial charge in [0.1, 0.15) is 0 Å². The first-order valence-corrected chi connectivity index (χ1v) is 8.32. The zero-order valence-electron chi connectivity index (χ0n) is 13.0. The molecule has 3 N–H and O–H groups in total. The number of hydrogen-bond donors (Lipinski definition) is 2. The molecule has 0 aromatic rings. The van der Waals surface area contributed by atoms with Crippen molar-refractivity contribution in [1.82, 2.24) is 10.3 Å². The zero-order valence-corrected chi connectivity index (χ0v) is 13.0. The van der Waals surface area contributed by atoms with Gasteiger partial charge in [-0.05, 0) is 39.3 Å². The van der Waals surface area contributed by atoms with Crippen molar-refractivity contribution in [2.24, 2.45) is 11.8 Å². The van der Waals surface area contributed by atoms with Crippen LogP contribution in [0.5, 0.6) is 0 Å². The topological polar surface area (TPSA) is 41.3 Å². The second-order valence-electron chi connectivity index (χ2n) is 7.02. The lowest BCUT2D eigenvalue weighted by Gasteiger charge is -2.49.